The first-order valence-corrected chi connectivity index (χ1v) is 9.25. The van der Waals surface area contributed by atoms with E-state index in [0.717, 1.165) is 18.7 Å². The topological polar surface area (TPSA) is 116 Å². The Kier molecular flexibility index (Phi) is 4.95. The molecule has 1 N–H and O–H groups in total. The minimum absolute atomic E-state index is 0.345. The zero-order valence-corrected chi connectivity index (χ0v) is 15.0. The van der Waals surface area contributed by atoms with E-state index in [1.165, 1.54) is 42.4 Å². The molecule has 0 unspecified atom stereocenters. The second kappa shape index (κ2) is 7.68. The first-order valence-electron chi connectivity index (χ1n) is 9.25. The molecule has 0 spiro atoms. The van der Waals surface area contributed by atoms with Gasteiger partial charge >= 0.3 is 5.69 Å². The van der Waals surface area contributed by atoms with Crippen LogP contribution in [0.5, 0.6) is 0 Å². The molecule has 0 aliphatic heterocycles. The van der Waals surface area contributed by atoms with Crippen LogP contribution in [0.1, 0.15) is 49.8 Å². The van der Waals surface area contributed by atoms with Crippen molar-refractivity contribution in [3.05, 3.63) is 57.4 Å². The van der Waals surface area contributed by atoms with Crippen LogP contribution in [-0.2, 0) is 19.5 Å². The van der Waals surface area contributed by atoms with Crippen LogP contribution in [0, 0.1) is 0 Å². The number of aromatic amines is 1. The Morgan fingerprint density at radius 1 is 1.19 bits per heavy atom. The van der Waals surface area contributed by atoms with Gasteiger partial charge in [0.15, 0.2) is 5.82 Å². The summed E-state index contributed by atoms with van der Waals surface area (Å²) < 4.78 is 5.21. The largest absolute Gasteiger partial charge is 0.328 e. The van der Waals surface area contributed by atoms with Gasteiger partial charge in [0, 0.05) is 25.2 Å². The molecule has 3 aromatic heterocycles. The summed E-state index contributed by atoms with van der Waals surface area (Å²) in [5, 5.41) is 8.84. The second-order valence-electron chi connectivity index (χ2n) is 6.83. The molecule has 1 fully saturated rings. The number of hydrogen-bond donors (Lipinski definition) is 1. The zero-order chi connectivity index (χ0) is 18.6. The van der Waals surface area contributed by atoms with Crippen molar-refractivity contribution < 1.29 is 0 Å². The van der Waals surface area contributed by atoms with Crippen molar-refractivity contribution in [2.45, 2.75) is 57.7 Å². The van der Waals surface area contributed by atoms with Gasteiger partial charge in [-0.15, -0.1) is 0 Å². The molecule has 142 valence electrons. The number of H-pyrrole nitrogens is 1. The quantitative estimate of drug-likeness (QED) is 0.676. The maximum atomic E-state index is 11.9. The summed E-state index contributed by atoms with van der Waals surface area (Å²) in [6.45, 7) is 0.898. The highest BCUT2D eigenvalue weighted by Gasteiger charge is 2.21. The molecule has 1 saturated carbocycles. The van der Waals surface area contributed by atoms with E-state index in [1.54, 1.807) is 11.0 Å². The Morgan fingerprint density at radius 2 is 2.04 bits per heavy atom. The second-order valence-corrected chi connectivity index (χ2v) is 6.83. The predicted molar refractivity (Wildman–Crippen MR) is 96.3 cm³/mol. The Bertz CT molecular complexity index is 995. The Hall–Kier alpha value is -3.04. The van der Waals surface area contributed by atoms with E-state index in [0.29, 0.717) is 31.4 Å². The van der Waals surface area contributed by atoms with Gasteiger partial charge in [0.25, 0.3) is 5.56 Å². The lowest BCUT2D eigenvalue weighted by molar-refractivity contribution is 0.318. The van der Waals surface area contributed by atoms with E-state index >= 15 is 0 Å². The van der Waals surface area contributed by atoms with E-state index in [9.17, 15) is 9.59 Å². The van der Waals surface area contributed by atoms with Gasteiger partial charge in [-0.2, -0.15) is 10.2 Å². The van der Waals surface area contributed by atoms with Crippen LogP contribution in [0.15, 0.2) is 34.5 Å². The number of aryl methyl sites for hydroxylation is 2. The lowest BCUT2D eigenvalue weighted by Gasteiger charge is -2.23. The van der Waals surface area contributed by atoms with Gasteiger partial charge < -0.3 is 4.57 Å². The average Bonchev–Trinajstić information content (AvgIpc) is 3.32. The van der Waals surface area contributed by atoms with Crippen molar-refractivity contribution in [2.24, 2.45) is 0 Å². The fourth-order valence-corrected chi connectivity index (χ4v) is 3.56. The van der Waals surface area contributed by atoms with Crippen LogP contribution in [0.2, 0.25) is 0 Å². The Balaban J connectivity index is 1.57. The summed E-state index contributed by atoms with van der Waals surface area (Å²) in [7, 11) is 0. The standard InChI is InChI=1S/C17H22N8O2/c26-16-7-9-23(17(27)21-16)8-6-15-20-14(10-24-12-18-11-19-24)22-25(15)13-4-2-1-3-5-13/h7,9,11-13H,1-6,8,10H2,(H,21,26,27). The SMILES string of the molecule is O=c1ccn(CCc2nc(Cn3cncn3)nn2C2CCCCC2)c(=O)[nH]1. The molecule has 0 atom stereocenters. The maximum absolute atomic E-state index is 11.9. The highest BCUT2D eigenvalue weighted by molar-refractivity contribution is 4.97. The van der Waals surface area contributed by atoms with E-state index in [4.69, 9.17) is 10.1 Å². The van der Waals surface area contributed by atoms with E-state index in [1.807, 2.05) is 4.68 Å². The third-order valence-corrected chi connectivity index (χ3v) is 4.91. The van der Waals surface area contributed by atoms with Crippen LogP contribution in [0.3, 0.4) is 0 Å². The summed E-state index contributed by atoms with van der Waals surface area (Å²) in [5.74, 6) is 1.55. The number of aromatic nitrogens is 8. The monoisotopic (exact) mass is 370 g/mol. The van der Waals surface area contributed by atoms with Crippen LogP contribution in [0.25, 0.3) is 0 Å². The molecule has 27 heavy (non-hydrogen) atoms. The summed E-state index contributed by atoms with van der Waals surface area (Å²) >= 11 is 0. The molecule has 0 saturated heterocycles. The first kappa shape index (κ1) is 17.4. The molecule has 0 amide bonds. The highest BCUT2D eigenvalue weighted by Crippen LogP contribution is 2.28. The third kappa shape index (κ3) is 4.04. The number of nitrogens with one attached hydrogen (secondary N) is 1. The average molecular weight is 370 g/mol. The Labute approximate surface area is 154 Å². The lowest BCUT2D eigenvalue weighted by atomic mass is 9.95. The van der Waals surface area contributed by atoms with Crippen LogP contribution in [-0.4, -0.2) is 39.1 Å². The van der Waals surface area contributed by atoms with Gasteiger partial charge in [-0.1, -0.05) is 19.3 Å². The van der Waals surface area contributed by atoms with Gasteiger partial charge in [0.1, 0.15) is 25.0 Å². The molecule has 3 heterocycles. The predicted octanol–water partition coefficient (Wildman–Crippen LogP) is 0.516. The molecule has 10 nitrogen and oxygen atoms in total. The van der Waals surface area contributed by atoms with Crippen LogP contribution in [0.4, 0.5) is 0 Å². The van der Waals surface area contributed by atoms with Gasteiger partial charge in [-0.25, -0.2) is 24.1 Å². The molecule has 4 rings (SSSR count). The number of hydrogen-bond acceptors (Lipinski definition) is 6. The van der Waals surface area contributed by atoms with Crippen molar-refractivity contribution in [2.75, 3.05) is 0 Å². The molecule has 0 radical (unpaired) electrons. The van der Waals surface area contributed by atoms with Gasteiger partial charge in [0.2, 0.25) is 0 Å². The zero-order valence-electron chi connectivity index (χ0n) is 15.0. The molecular formula is C17H22N8O2. The van der Waals surface area contributed by atoms with Crippen molar-refractivity contribution in [1.29, 1.82) is 0 Å². The normalized spacial score (nSPS) is 15.3. The van der Waals surface area contributed by atoms with E-state index in [-0.39, 0.29) is 0 Å². The van der Waals surface area contributed by atoms with Gasteiger partial charge in [0.05, 0.1) is 6.04 Å². The molecule has 1 aliphatic carbocycles. The highest BCUT2D eigenvalue weighted by atomic mass is 16.2. The fourth-order valence-electron chi connectivity index (χ4n) is 3.56. The molecular weight excluding hydrogens is 348 g/mol. The first-order chi connectivity index (χ1) is 13.2. The molecule has 3 aromatic rings. The summed E-state index contributed by atoms with van der Waals surface area (Å²) in [6.07, 6.45) is 11.0. The van der Waals surface area contributed by atoms with Crippen molar-refractivity contribution in [1.82, 2.24) is 39.1 Å². The fraction of sp³-hybridized carbons (Fsp3) is 0.529. The Morgan fingerprint density at radius 3 is 2.78 bits per heavy atom. The van der Waals surface area contributed by atoms with E-state index in [2.05, 4.69) is 15.1 Å². The number of nitrogens with zero attached hydrogens (tertiary/aromatic N) is 7. The van der Waals surface area contributed by atoms with E-state index < -0.39 is 11.2 Å². The van der Waals surface area contributed by atoms with Crippen LogP contribution >= 0.6 is 0 Å². The minimum atomic E-state index is -0.408. The van der Waals surface area contributed by atoms with Gasteiger partial charge in [-0.05, 0) is 12.8 Å². The van der Waals surface area contributed by atoms with Crippen molar-refractivity contribution >= 4 is 0 Å². The number of rotatable bonds is 6. The molecule has 0 aromatic carbocycles. The van der Waals surface area contributed by atoms with Gasteiger partial charge in [-0.3, -0.25) is 9.78 Å². The summed E-state index contributed by atoms with van der Waals surface area (Å²) in [5.41, 5.74) is -0.800. The third-order valence-electron chi connectivity index (χ3n) is 4.91. The van der Waals surface area contributed by atoms with Crippen LogP contribution < -0.4 is 11.2 Å². The maximum Gasteiger partial charge on any atom is 0.328 e. The van der Waals surface area contributed by atoms with Crippen molar-refractivity contribution in [3.8, 4) is 0 Å². The van der Waals surface area contributed by atoms with Crippen molar-refractivity contribution in [3.63, 3.8) is 0 Å². The molecule has 1 aliphatic rings. The summed E-state index contributed by atoms with van der Waals surface area (Å²) in [6, 6.07) is 1.70. The lowest BCUT2D eigenvalue weighted by Crippen LogP contribution is -2.29. The smallest absolute Gasteiger partial charge is 0.300 e. The molecule has 10 heteroatoms. The molecule has 0 bridgehead atoms. The summed E-state index contributed by atoms with van der Waals surface area (Å²) in [4.78, 5) is 34.1. The minimum Gasteiger partial charge on any atom is -0.300 e.